The molecule has 0 fully saturated rings. The number of nitrogens with one attached hydrogen (secondary N) is 2. The maximum Gasteiger partial charge on any atom is 0.397 e. The molecule has 0 radical (unpaired) electrons. The minimum Gasteiger partial charge on any atom is -0.459 e. The summed E-state index contributed by atoms with van der Waals surface area (Å²) in [5, 5.41) is 8.01. The maximum absolute atomic E-state index is 10.9. The quantitative estimate of drug-likeness (QED) is 0.468. The van der Waals surface area contributed by atoms with Crippen LogP contribution in [0.5, 0.6) is 0 Å². The van der Waals surface area contributed by atoms with Crippen LogP contribution in [0.1, 0.15) is 6.92 Å². The molecule has 2 N–H and O–H groups in total. The van der Waals surface area contributed by atoms with Gasteiger partial charge in [-0.25, -0.2) is 9.89 Å². The number of aromatic nitrogens is 3. The van der Waals surface area contributed by atoms with Gasteiger partial charge >= 0.3 is 11.9 Å². The van der Waals surface area contributed by atoms with Gasteiger partial charge in [0, 0.05) is 0 Å². The SMILES string of the molecule is CCOC(=O)C(=O)Nc1ncn[nH]1. The molecule has 0 aliphatic rings. The van der Waals surface area contributed by atoms with Crippen molar-refractivity contribution in [1.29, 1.82) is 0 Å². The first-order valence-corrected chi connectivity index (χ1v) is 3.57. The van der Waals surface area contributed by atoms with E-state index in [1.165, 1.54) is 6.33 Å². The highest BCUT2D eigenvalue weighted by molar-refractivity contribution is 6.37. The Kier molecular flexibility index (Phi) is 2.96. The molecule has 0 spiro atoms. The molecule has 1 heterocycles. The van der Waals surface area contributed by atoms with Crippen LogP contribution in [0.15, 0.2) is 6.33 Å². The number of ether oxygens (including phenoxy) is 1. The Hall–Kier alpha value is -1.92. The van der Waals surface area contributed by atoms with E-state index in [9.17, 15) is 9.59 Å². The molecular formula is C6H8N4O3. The number of hydrogen-bond donors (Lipinski definition) is 2. The van der Waals surface area contributed by atoms with E-state index in [0.717, 1.165) is 0 Å². The van der Waals surface area contributed by atoms with E-state index >= 15 is 0 Å². The predicted octanol–water partition coefficient (Wildman–Crippen LogP) is -0.694. The molecule has 1 amide bonds. The number of H-pyrrole nitrogens is 1. The van der Waals surface area contributed by atoms with Gasteiger partial charge in [0.1, 0.15) is 6.33 Å². The van der Waals surface area contributed by atoms with Crippen LogP contribution in [-0.2, 0) is 14.3 Å². The van der Waals surface area contributed by atoms with Crippen molar-refractivity contribution in [3.05, 3.63) is 6.33 Å². The normalized spacial score (nSPS) is 9.31. The second-order valence-electron chi connectivity index (χ2n) is 2.01. The Labute approximate surface area is 73.5 Å². The van der Waals surface area contributed by atoms with Gasteiger partial charge < -0.3 is 4.74 Å². The third-order valence-corrected chi connectivity index (χ3v) is 1.11. The lowest BCUT2D eigenvalue weighted by Crippen LogP contribution is -2.25. The van der Waals surface area contributed by atoms with E-state index in [0.29, 0.717) is 0 Å². The molecule has 13 heavy (non-hydrogen) atoms. The maximum atomic E-state index is 10.9. The van der Waals surface area contributed by atoms with Crippen LogP contribution in [0.2, 0.25) is 0 Å². The first-order valence-electron chi connectivity index (χ1n) is 3.57. The predicted molar refractivity (Wildman–Crippen MR) is 41.6 cm³/mol. The van der Waals surface area contributed by atoms with Crippen molar-refractivity contribution in [1.82, 2.24) is 15.2 Å². The second kappa shape index (κ2) is 4.19. The number of carbonyl (C=O) groups excluding carboxylic acids is 2. The number of hydrogen-bond acceptors (Lipinski definition) is 5. The summed E-state index contributed by atoms with van der Waals surface area (Å²) in [6, 6.07) is 0. The molecule has 0 saturated heterocycles. The molecule has 0 bridgehead atoms. The van der Waals surface area contributed by atoms with E-state index in [1.54, 1.807) is 6.92 Å². The highest BCUT2D eigenvalue weighted by Gasteiger charge is 2.15. The Morgan fingerprint density at radius 3 is 3.00 bits per heavy atom. The Balaban J connectivity index is 2.46. The van der Waals surface area contributed by atoms with E-state index in [4.69, 9.17) is 0 Å². The lowest BCUT2D eigenvalue weighted by atomic mass is 10.6. The van der Waals surface area contributed by atoms with Crippen LogP contribution < -0.4 is 5.32 Å². The zero-order chi connectivity index (χ0) is 9.68. The summed E-state index contributed by atoms with van der Waals surface area (Å²) in [5.74, 6) is -1.71. The minimum atomic E-state index is -0.945. The summed E-state index contributed by atoms with van der Waals surface area (Å²) in [7, 11) is 0. The number of aromatic amines is 1. The molecule has 7 nitrogen and oxygen atoms in total. The third-order valence-electron chi connectivity index (χ3n) is 1.11. The molecule has 1 rings (SSSR count). The molecule has 7 heteroatoms. The van der Waals surface area contributed by atoms with Gasteiger partial charge in [0.05, 0.1) is 6.61 Å². The minimum absolute atomic E-state index is 0.109. The summed E-state index contributed by atoms with van der Waals surface area (Å²) in [6.07, 6.45) is 1.21. The fourth-order valence-electron chi connectivity index (χ4n) is 0.621. The van der Waals surface area contributed by atoms with E-state index in [-0.39, 0.29) is 12.6 Å². The molecule has 70 valence electrons. The third kappa shape index (κ3) is 2.55. The fraction of sp³-hybridized carbons (Fsp3) is 0.333. The van der Waals surface area contributed by atoms with E-state index in [2.05, 4.69) is 25.2 Å². The molecule has 0 saturated carbocycles. The summed E-state index contributed by atoms with van der Waals surface area (Å²) >= 11 is 0. The lowest BCUT2D eigenvalue weighted by Gasteiger charge is -1.99. The van der Waals surface area contributed by atoms with Crippen LogP contribution in [0.3, 0.4) is 0 Å². The Morgan fingerprint density at radius 2 is 2.46 bits per heavy atom. The van der Waals surface area contributed by atoms with Crippen molar-refractivity contribution in [3.8, 4) is 0 Å². The summed E-state index contributed by atoms with van der Waals surface area (Å²) < 4.78 is 4.44. The Bertz CT molecular complexity index is 295. The smallest absolute Gasteiger partial charge is 0.397 e. The molecule has 0 aliphatic heterocycles. The van der Waals surface area contributed by atoms with Crippen molar-refractivity contribution < 1.29 is 14.3 Å². The second-order valence-corrected chi connectivity index (χ2v) is 2.01. The summed E-state index contributed by atoms with van der Waals surface area (Å²) in [5.41, 5.74) is 0. The van der Waals surface area contributed by atoms with Crippen LogP contribution >= 0.6 is 0 Å². The number of carbonyl (C=O) groups is 2. The summed E-state index contributed by atoms with van der Waals surface area (Å²) in [6.45, 7) is 1.77. The highest BCUT2D eigenvalue weighted by Crippen LogP contribution is 1.92. The monoisotopic (exact) mass is 184 g/mol. The van der Waals surface area contributed by atoms with Gasteiger partial charge in [0.25, 0.3) is 0 Å². The van der Waals surface area contributed by atoms with Crippen LogP contribution in [-0.4, -0.2) is 33.7 Å². The topological polar surface area (TPSA) is 97.0 Å². The van der Waals surface area contributed by atoms with Gasteiger partial charge in [0.15, 0.2) is 0 Å². The van der Waals surface area contributed by atoms with Gasteiger partial charge in [-0.3, -0.25) is 10.1 Å². The number of rotatable bonds is 2. The largest absolute Gasteiger partial charge is 0.459 e. The van der Waals surface area contributed by atoms with Gasteiger partial charge in [-0.05, 0) is 6.92 Å². The first kappa shape index (κ1) is 9.17. The fourth-order valence-corrected chi connectivity index (χ4v) is 0.621. The van der Waals surface area contributed by atoms with Crippen molar-refractivity contribution in [3.63, 3.8) is 0 Å². The molecule has 1 aromatic heterocycles. The Morgan fingerprint density at radius 1 is 1.69 bits per heavy atom. The van der Waals surface area contributed by atoms with Gasteiger partial charge in [-0.1, -0.05) is 0 Å². The van der Waals surface area contributed by atoms with Crippen molar-refractivity contribution in [2.45, 2.75) is 6.92 Å². The zero-order valence-electron chi connectivity index (χ0n) is 6.90. The molecule has 0 aromatic carbocycles. The first-order chi connectivity index (χ1) is 6.24. The highest BCUT2D eigenvalue weighted by atomic mass is 16.5. The van der Waals surface area contributed by atoms with Crippen molar-refractivity contribution in [2.24, 2.45) is 0 Å². The molecule has 1 aromatic rings. The standard InChI is InChI=1S/C6H8N4O3/c1-2-13-5(12)4(11)9-6-7-3-8-10-6/h3H,2H2,1H3,(H2,7,8,9,10,11). The van der Waals surface area contributed by atoms with Crippen LogP contribution in [0.4, 0.5) is 5.95 Å². The van der Waals surface area contributed by atoms with Gasteiger partial charge in [0.2, 0.25) is 5.95 Å². The van der Waals surface area contributed by atoms with Crippen LogP contribution in [0.25, 0.3) is 0 Å². The van der Waals surface area contributed by atoms with Gasteiger partial charge in [-0.15, -0.1) is 0 Å². The average molecular weight is 184 g/mol. The zero-order valence-corrected chi connectivity index (χ0v) is 6.90. The number of esters is 1. The van der Waals surface area contributed by atoms with Crippen molar-refractivity contribution in [2.75, 3.05) is 11.9 Å². The van der Waals surface area contributed by atoms with Crippen molar-refractivity contribution >= 4 is 17.8 Å². The summed E-state index contributed by atoms with van der Waals surface area (Å²) in [4.78, 5) is 25.3. The molecule has 0 atom stereocenters. The number of anilines is 1. The number of nitrogens with zero attached hydrogens (tertiary/aromatic N) is 2. The number of amides is 1. The molecular weight excluding hydrogens is 176 g/mol. The van der Waals surface area contributed by atoms with Gasteiger partial charge in [-0.2, -0.15) is 10.1 Å². The lowest BCUT2D eigenvalue weighted by molar-refractivity contribution is -0.152. The van der Waals surface area contributed by atoms with Crippen LogP contribution in [0, 0.1) is 0 Å². The van der Waals surface area contributed by atoms with E-state index in [1.807, 2.05) is 0 Å². The average Bonchev–Trinajstić information content (AvgIpc) is 2.57. The molecule has 0 unspecified atom stereocenters. The van der Waals surface area contributed by atoms with E-state index < -0.39 is 11.9 Å². The molecule has 0 aliphatic carbocycles.